The second-order valence-corrected chi connectivity index (χ2v) is 9.22. The maximum atomic E-state index is 14.0. The zero-order chi connectivity index (χ0) is 29.0. The fraction of sp³-hybridized carbons (Fsp3) is 0.321. The summed E-state index contributed by atoms with van der Waals surface area (Å²) in [5, 5.41) is 0. The average Bonchev–Trinajstić information content (AvgIpc) is 3.19. The van der Waals surface area contributed by atoms with Gasteiger partial charge in [0.2, 0.25) is 0 Å². The van der Waals surface area contributed by atoms with Gasteiger partial charge in [-0.2, -0.15) is 0 Å². The number of carbonyl (C=O) groups is 3. The number of nitrogens with two attached hydrogens (primary N) is 1. The first-order chi connectivity index (χ1) is 19.2. The van der Waals surface area contributed by atoms with Gasteiger partial charge in [-0.15, -0.1) is 0 Å². The van der Waals surface area contributed by atoms with E-state index < -0.39 is 29.0 Å². The molecule has 1 aliphatic heterocycles. The highest BCUT2D eigenvalue weighted by molar-refractivity contribution is 6.21. The fourth-order valence-electron chi connectivity index (χ4n) is 4.61. The molecule has 0 saturated carbocycles. The summed E-state index contributed by atoms with van der Waals surface area (Å²) in [5.41, 5.74) is 5.80. The largest absolute Gasteiger partial charge is 0.496 e. The van der Waals surface area contributed by atoms with Crippen molar-refractivity contribution in [1.82, 2.24) is 14.5 Å². The van der Waals surface area contributed by atoms with Crippen LogP contribution in [-0.4, -0.2) is 59.5 Å². The molecule has 12 nitrogen and oxygen atoms in total. The first-order valence-electron chi connectivity index (χ1n) is 12.8. The van der Waals surface area contributed by atoms with Crippen molar-refractivity contribution in [1.29, 1.82) is 0 Å². The molecular formula is C28H31N5O7. The average molecular weight is 550 g/mol. The topological polar surface area (TPSA) is 157 Å². The van der Waals surface area contributed by atoms with Crippen molar-refractivity contribution in [2.24, 2.45) is 0 Å². The first-order valence-corrected chi connectivity index (χ1v) is 12.8. The van der Waals surface area contributed by atoms with Crippen LogP contribution >= 0.6 is 0 Å². The van der Waals surface area contributed by atoms with E-state index in [1.165, 1.54) is 24.9 Å². The van der Waals surface area contributed by atoms with Gasteiger partial charge in [0.25, 0.3) is 23.3 Å². The van der Waals surface area contributed by atoms with E-state index in [1.54, 1.807) is 36.4 Å². The minimum absolute atomic E-state index is 0.0552. The molecule has 12 heteroatoms. The zero-order valence-corrected chi connectivity index (χ0v) is 22.6. The van der Waals surface area contributed by atoms with E-state index in [0.29, 0.717) is 23.1 Å². The molecule has 210 valence electrons. The maximum absolute atomic E-state index is 14.0. The smallest absolute Gasteiger partial charge is 0.330 e. The number of anilines is 2. The second kappa shape index (κ2) is 12.0. The van der Waals surface area contributed by atoms with Crippen molar-refractivity contribution in [3.63, 3.8) is 0 Å². The number of aromatic nitrogens is 2. The number of nitrogen functional groups attached to an aromatic ring is 1. The molecule has 0 unspecified atom stereocenters. The number of rotatable bonds is 11. The van der Waals surface area contributed by atoms with Crippen molar-refractivity contribution >= 4 is 29.2 Å². The Labute approximate surface area is 229 Å². The Bertz CT molecular complexity index is 1540. The van der Waals surface area contributed by atoms with Crippen LogP contribution < -0.4 is 26.6 Å². The lowest BCUT2D eigenvalue weighted by molar-refractivity contribution is 0.0642. The molecule has 4 rings (SSSR count). The molecule has 3 aromatic rings. The molecule has 1 aromatic heterocycles. The van der Waals surface area contributed by atoms with E-state index >= 15 is 0 Å². The van der Waals surface area contributed by atoms with Gasteiger partial charge in [-0.25, -0.2) is 4.79 Å². The SMILES string of the molecule is CCCCn1c(N)c(N(CCOC)C(=O)c2cc(CN3C(=O)c4ccccc4C3=O)ccc2OC)c(=O)[nH]c1=O. The third kappa shape index (κ3) is 5.25. The van der Waals surface area contributed by atoms with Gasteiger partial charge in [0.1, 0.15) is 11.6 Å². The predicted molar refractivity (Wildman–Crippen MR) is 148 cm³/mol. The Morgan fingerprint density at radius 2 is 1.70 bits per heavy atom. The number of hydrogen-bond donors (Lipinski definition) is 2. The number of imide groups is 1. The summed E-state index contributed by atoms with van der Waals surface area (Å²) < 4.78 is 11.8. The molecule has 0 radical (unpaired) electrons. The molecule has 2 aromatic carbocycles. The monoisotopic (exact) mass is 549 g/mol. The van der Waals surface area contributed by atoms with Crippen molar-refractivity contribution < 1.29 is 23.9 Å². The van der Waals surface area contributed by atoms with Crippen LogP contribution in [-0.2, 0) is 17.8 Å². The number of aromatic amines is 1. The molecule has 0 spiro atoms. The standard InChI is InChI=1S/C28H31N5O7/c1-4-5-12-32-23(29)22(24(34)30-28(32)38)31(13-14-39-2)27(37)20-15-17(10-11-21(20)40-3)16-33-25(35)18-8-6-7-9-19(18)26(33)36/h6-11,15H,4-5,12-14,16,29H2,1-3H3,(H,30,34,38). The van der Waals surface area contributed by atoms with Crippen LogP contribution in [0.5, 0.6) is 5.75 Å². The summed E-state index contributed by atoms with van der Waals surface area (Å²) in [6.45, 7) is 2.13. The number of H-pyrrole nitrogens is 1. The van der Waals surface area contributed by atoms with Gasteiger partial charge in [0.15, 0.2) is 5.69 Å². The number of unbranched alkanes of at least 4 members (excludes halogenated alkanes) is 1. The maximum Gasteiger partial charge on any atom is 0.330 e. The minimum Gasteiger partial charge on any atom is -0.496 e. The van der Waals surface area contributed by atoms with Crippen LogP contribution in [0.15, 0.2) is 52.1 Å². The molecule has 0 aliphatic carbocycles. The van der Waals surface area contributed by atoms with Gasteiger partial charge in [-0.05, 0) is 36.2 Å². The summed E-state index contributed by atoms with van der Waals surface area (Å²) in [6.07, 6.45) is 1.42. The number of ether oxygens (including phenoxy) is 2. The number of nitrogens with zero attached hydrogens (tertiary/aromatic N) is 3. The van der Waals surface area contributed by atoms with E-state index in [-0.39, 0.29) is 49.1 Å². The molecule has 1 aliphatic rings. The van der Waals surface area contributed by atoms with E-state index in [0.717, 1.165) is 16.2 Å². The summed E-state index contributed by atoms with van der Waals surface area (Å²) in [7, 11) is 2.84. The third-order valence-electron chi connectivity index (χ3n) is 6.70. The fourth-order valence-corrected chi connectivity index (χ4v) is 4.61. The van der Waals surface area contributed by atoms with Gasteiger partial charge in [-0.1, -0.05) is 31.5 Å². The van der Waals surface area contributed by atoms with Crippen molar-refractivity contribution in [2.45, 2.75) is 32.9 Å². The number of benzene rings is 2. The van der Waals surface area contributed by atoms with Gasteiger partial charge >= 0.3 is 5.69 Å². The Morgan fingerprint density at radius 3 is 2.30 bits per heavy atom. The highest BCUT2D eigenvalue weighted by Gasteiger charge is 2.35. The summed E-state index contributed by atoms with van der Waals surface area (Å²) in [6, 6.07) is 11.2. The number of amides is 3. The second-order valence-electron chi connectivity index (χ2n) is 9.22. The van der Waals surface area contributed by atoms with Crippen LogP contribution in [0.4, 0.5) is 11.5 Å². The van der Waals surface area contributed by atoms with Gasteiger partial charge in [0.05, 0.1) is 37.0 Å². The van der Waals surface area contributed by atoms with Crippen LogP contribution in [0, 0.1) is 0 Å². The third-order valence-corrected chi connectivity index (χ3v) is 6.70. The van der Waals surface area contributed by atoms with Crippen molar-refractivity contribution in [2.75, 3.05) is 38.0 Å². The number of carbonyl (C=O) groups excluding carboxylic acids is 3. The number of fused-ring (bicyclic) bond motifs is 1. The zero-order valence-electron chi connectivity index (χ0n) is 22.6. The Hall–Kier alpha value is -4.71. The summed E-state index contributed by atoms with van der Waals surface area (Å²) in [4.78, 5) is 69.7. The van der Waals surface area contributed by atoms with E-state index in [2.05, 4.69) is 4.98 Å². The van der Waals surface area contributed by atoms with Crippen molar-refractivity contribution in [3.05, 3.63) is 85.6 Å². The number of nitrogens with one attached hydrogen (secondary N) is 1. The van der Waals surface area contributed by atoms with Gasteiger partial charge < -0.3 is 15.2 Å². The van der Waals surface area contributed by atoms with E-state index in [4.69, 9.17) is 15.2 Å². The van der Waals surface area contributed by atoms with Gasteiger partial charge in [-0.3, -0.25) is 38.5 Å². The van der Waals surface area contributed by atoms with E-state index in [9.17, 15) is 24.0 Å². The summed E-state index contributed by atoms with van der Waals surface area (Å²) >= 11 is 0. The molecule has 2 heterocycles. The molecule has 0 fully saturated rings. The highest BCUT2D eigenvalue weighted by atomic mass is 16.5. The lowest BCUT2D eigenvalue weighted by Crippen LogP contribution is -2.42. The molecule has 0 saturated heterocycles. The van der Waals surface area contributed by atoms with Crippen molar-refractivity contribution in [3.8, 4) is 5.75 Å². The molecule has 40 heavy (non-hydrogen) atoms. The highest BCUT2D eigenvalue weighted by Crippen LogP contribution is 2.28. The molecular weight excluding hydrogens is 518 g/mol. The predicted octanol–water partition coefficient (Wildman–Crippen LogP) is 2.02. The Morgan fingerprint density at radius 1 is 1.02 bits per heavy atom. The number of methoxy groups -OCH3 is 2. The van der Waals surface area contributed by atoms with E-state index in [1.807, 2.05) is 6.92 Å². The lowest BCUT2D eigenvalue weighted by atomic mass is 10.1. The molecule has 3 N–H and O–H groups in total. The minimum atomic E-state index is -0.819. The first kappa shape index (κ1) is 28.3. The normalized spacial score (nSPS) is 12.5. The van der Waals surface area contributed by atoms with Crippen LogP contribution in [0.1, 0.15) is 56.4 Å². The Balaban J connectivity index is 1.74. The lowest BCUT2D eigenvalue weighted by Gasteiger charge is -2.25. The van der Waals surface area contributed by atoms with Crippen LogP contribution in [0.2, 0.25) is 0 Å². The number of hydrogen-bond acceptors (Lipinski definition) is 8. The van der Waals surface area contributed by atoms with Gasteiger partial charge in [0, 0.05) is 20.2 Å². The Kier molecular flexibility index (Phi) is 8.49. The molecule has 0 atom stereocenters. The molecule has 3 amide bonds. The quantitative estimate of drug-likeness (QED) is 0.344. The summed E-state index contributed by atoms with van der Waals surface area (Å²) in [5.74, 6) is -1.45. The molecule has 0 bridgehead atoms. The van der Waals surface area contributed by atoms with Crippen LogP contribution in [0.3, 0.4) is 0 Å². The van der Waals surface area contributed by atoms with Crippen LogP contribution in [0.25, 0.3) is 0 Å².